The lowest BCUT2D eigenvalue weighted by atomic mass is 10.0. The molecule has 3 N–H and O–H groups in total. The van der Waals surface area contributed by atoms with Crippen LogP contribution in [0.1, 0.15) is 11.1 Å². The Kier molecular flexibility index (Phi) is 7.39. The van der Waals surface area contributed by atoms with Gasteiger partial charge in [0, 0.05) is 80.7 Å². The Labute approximate surface area is 187 Å². The van der Waals surface area contributed by atoms with Gasteiger partial charge in [0.15, 0.2) is 0 Å². The molecule has 1 aliphatic rings. The number of carbonyl (C=O) groups is 1. The maximum absolute atomic E-state index is 12.4. The Morgan fingerprint density at radius 1 is 1.09 bits per heavy atom. The molecule has 1 fully saturated rings. The number of rotatable bonds is 8. The molecule has 166 valence electrons. The molecule has 1 aromatic carbocycles. The van der Waals surface area contributed by atoms with Crippen molar-refractivity contribution >= 4 is 17.7 Å². The Bertz CT molecular complexity index is 1020. The number of nitrogens with one attached hydrogen (secondary N) is 2. The molecule has 1 amide bonds. The fourth-order valence-electron chi connectivity index (χ4n) is 3.81. The molecule has 3 aromatic rings. The summed E-state index contributed by atoms with van der Waals surface area (Å²) in [5.41, 5.74) is 4.72. The molecular formula is C24H28N6O2. The number of benzene rings is 1. The van der Waals surface area contributed by atoms with Gasteiger partial charge in [0.25, 0.3) is 0 Å². The predicted molar refractivity (Wildman–Crippen MR) is 125 cm³/mol. The molecule has 3 heterocycles. The lowest BCUT2D eigenvalue weighted by Gasteiger charge is -2.34. The molecule has 0 unspecified atom stereocenters. The minimum Gasteiger partial charge on any atom is -0.395 e. The molecule has 0 atom stereocenters. The van der Waals surface area contributed by atoms with Gasteiger partial charge in [-0.1, -0.05) is 12.1 Å². The summed E-state index contributed by atoms with van der Waals surface area (Å²) in [6.07, 6.45) is 10.3. The first-order valence-corrected chi connectivity index (χ1v) is 10.8. The number of H-pyrrole nitrogens is 1. The van der Waals surface area contributed by atoms with E-state index in [0.717, 1.165) is 61.6 Å². The summed E-state index contributed by atoms with van der Waals surface area (Å²) < 4.78 is 0. The molecule has 0 saturated carbocycles. The number of amides is 1. The van der Waals surface area contributed by atoms with E-state index in [1.54, 1.807) is 24.7 Å². The van der Waals surface area contributed by atoms with E-state index in [0.29, 0.717) is 0 Å². The lowest BCUT2D eigenvalue weighted by Crippen LogP contribution is -2.46. The van der Waals surface area contributed by atoms with Crippen LogP contribution in [0.5, 0.6) is 0 Å². The summed E-state index contributed by atoms with van der Waals surface area (Å²) >= 11 is 0. The van der Waals surface area contributed by atoms with Crippen LogP contribution in [0.15, 0.2) is 61.2 Å². The second kappa shape index (κ2) is 10.8. The molecule has 8 heteroatoms. The van der Waals surface area contributed by atoms with Gasteiger partial charge in [-0.3, -0.25) is 24.7 Å². The molecule has 32 heavy (non-hydrogen) atoms. The van der Waals surface area contributed by atoms with Crippen LogP contribution in [0.3, 0.4) is 0 Å². The van der Waals surface area contributed by atoms with Crippen molar-refractivity contribution in [3.05, 3.63) is 72.3 Å². The first-order valence-electron chi connectivity index (χ1n) is 10.8. The highest BCUT2D eigenvalue weighted by Gasteiger charge is 2.16. The van der Waals surface area contributed by atoms with Gasteiger partial charge in [0.1, 0.15) is 0 Å². The molecule has 0 radical (unpaired) electrons. The predicted octanol–water partition coefficient (Wildman–Crippen LogP) is 2.23. The zero-order valence-corrected chi connectivity index (χ0v) is 17.9. The normalized spacial score (nSPS) is 15.3. The number of β-amino-alcohol motifs (C(OH)–C–C–N with tert-alkyl or cyclic N) is 1. The van der Waals surface area contributed by atoms with Crippen molar-refractivity contribution in [2.75, 3.05) is 44.6 Å². The summed E-state index contributed by atoms with van der Waals surface area (Å²) in [4.78, 5) is 21.3. The highest BCUT2D eigenvalue weighted by atomic mass is 16.3. The highest BCUT2D eigenvalue weighted by Crippen LogP contribution is 2.22. The van der Waals surface area contributed by atoms with Crippen LogP contribution in [0, 0.1) is 0 Å². The van der Waals surface area contributed by atoms with Crippen LogP contribution < -0.4 is 5.32 Å². The second-order valence-corrected chi connectivity index (χ2v) is 7.81. The van der Waals surface area contributed by atoms with Gasteiger partial charge in [0.2, 0.25) is 5.91 Å². The van der Waals surface area contributed by atoms with E-state index in [1.165, 1.54) is 11.6 Å². The van der Waals surface area contributed by atoms with Crippen molar-refractivity contribution in [3.63, 3.8) is 0 Å². The summed E-state index contributed by atoms with van der Waals surface area (Å²) in [5.74, 6) is -0.195. The zero-order chi connectivity index (χ0) is 22.2. The molecule has 1 aliphatic heterocycles. The van der Waals surface area contributed by atoms with E-state index in [4.69, 9.17) is 5.11 Å². The molecule has 8 nitrogen and oxygen atoms in total. The van der Waals surface area contributed by atoms with E-state index >= 15 is 0 Å². The number of hydrogen-bond acceptors (Lipinski definition) is 6. The lowest BCUT2D eigenvalue weighted by molar-refractivity contribution is -0.111. The average Bonchev–Trinajstić information content (AvgIpc) is 3.36. The maximum atomic E-state index is 12.4. The van der Waals surface area contributed by atoms with E-state index in [9.17, 15) is 4.79 Å². The van der Waals surface area contributed by atoms with Crippen LogP contribution in [-0.2, 0) is 11.3 Å². The maximum Gasteiger partial charge on any atom is 0.248 e. The van der Waals surface area contributed by atoms with Gasteiger partial charge < -0.3 is 10.4 Å². The largest absolute Gasteiger partial charge is 0.395 e. The van der Waals surface area contributed by atoms with Crippen LogP contribution in [0.4, 0.5) is 5.69 Å². The monoisotopic (exact) mass is 432 g/mol. The summed E-state index contributed by atoms with van der Waals surface area (Å²) in [7, 11) is 0. The third-order valence-corrected chi connectivity index (χ3v) is 5.58. The number of nitrogens with zero attached hydrogens (tertiary/aromatic N) is 4. The Balaban J connectivity index is 1.30. The van der Waals surface area contributed by atoms with Gasteiger partial charge in [0.05, 0.1) is 12.8 Å². The minimum atomic E-state index is -0.195. The molecule has 1 saturated heterocycles. The van der Waals surface area contributed by atoms with Crippen LogP contribution in [-0.4, -0.2) is 75.3 Å². The van der Waals surface area contributed by atoms with Crippen molar-refractivity contribution in [1.29, 1.82) is 0 Å². The van der Waals surface area contributed by atoms with Gasteiger partial charge in [-0.2, -0.15) is 5.10 Å². The second-order valence-electron chi connectivity index (χ2n) is 7.81. The molecule has 0 bridgehead atoms. The third-order valence-electron chi connectivity index (χ3n) is 5.58. The Morgan fingerprint density at radius 3 is 2.59 bits per heavy atom. The number of anilines is 1. The molecule has 4 rings (SSSR count). The van der Waals surface area contributed by atoms with Crippen LogP contribution in [0.25, 0.3) is 17.2 Å². The number of aromatic nitrogens is 3. The Hall–Kier alpha value is -3.33. The number of pyridine rings is 1. The van der Waals surface area contributed by atoms with Crippen molar-refractivity contribution in [2.45, 2.75) is 6.54 Å². The van der Waals surface area contributed by atoms with Crippen molar-refractivity contribution in [2.24, 2.45) is 0 Å². The number of aliphatic hydroxyl groups is 1. The number of hydrogen-bond donors (Lipinski definition) is 3. The number of piperazine rings is 1. The van der Waals surface area contributed by atoms with E-state index in [1.807, 2.05) is 24.4 Å². The minimum absolute atomic E-state index is 0.195. The van der Waals surface area contributed by atoms with Crippen molar-refractivity contribution < 1.29 is 9.90 Å². The molecule has 2 aromatic heterocycles. The van der Waals surface area contributed by atoms with E-state index in [-0.39, 0.29) is 12.5 Å². The van der Waals surface area contributed by atoms with Gasteiger partial charge in [-0.05, 0) is 35.4 Å². The van der Waals surface area contributed by atoms with Gasteiger partial charge in [-0.15, -0.1) is 0 Å². The Morgan fingerprint density at radius 2 is 1.88 bits per heavy atom. The van der Waals surface area contributed by atoms with E-state index < -0.39 is 0 Å². The topological polar surface area (TPSA) is 97.4 Å². The third kappa shape index (κ3) is 5.88. The smallest absolute Gasteiger partial charge is 0.248 e. The number of aliphatic hydroxyl groups excluding tert-OH is 1. The standard InChI is InChI=1S/C24H28N6O2/c31-14-13-29-9-11-30(12-10-29)18-19-1-4-22(5-2-19)28-24(32)6-3-20-15-25-8-7-23(20)21-16-26-27-17-21/h1-8,15-17,31H,9-14,18H2,(H,26,27)(H,28,32)/b6-3+. The number of carbonyl (C=O) groups excluding carboxylic acids is 1. The van der Waals surface area contributed by atoms with Crippen LogP contribution >= 0.6 is 0 Å². The molecule has 0 spiro atoms. The fraction of sp³-hybridized carbons (Fsp3) is 0.292. The van der Waals surface area contributed by atoms with Gasteiger partial charge in [-0.25, -0.2) is 0 Å². The summed E-state index contributed by atoms with van der Waals surface area (Å²) in [6, 6.07) is 9.87. The fourth-order valence-corrected chi connectivity index (χ4v) is 3.81. The van der Waals surface area contributed by atoms with Crippen molar-refractivity contribution in [1.82, 2.24) is 25.0 Å². The summed E-state index contributed by atoms with van der Waals surface area (Å²) in [5, 5.41) is 18.7. The zero-order valence-electron chi connectivity index (χ0n) is 17.9. The molecule has 0 aliphatic carbocycles. The van der Waals surface area contributed by atoms with Crippen LogP contribution in [0.2, 0.25) is 0 Å². The highest BCUT2D eigenvalue weighted by molar-refractivity contribution is 6.02. The quantitative estimate of drug-likeness (QED) is 0.473. The average molecular weight is 433 g/mol. The SMILES string of the molecule is O=C(/C=C/c1cnccc1-c1cn[nH]c1)Nc1ccc(CN2CCN(CCO)CC2)cc1. The molecular weight excluding hydrogens is 404 g/mol. The van der Waals surface area contributed by atoms with Crippen molar-refractivity contribution in [3.8, 4) is 11.1 Å². The number of aromatic amines is 1. The first kappa shape index (κ1) is 21.9. The van der Waals surface area contributed by atoms with E-state index in [2.05, 4.69) is 42.4 Å². The van der Waals surface area contributed by atoms with Gasteiger partial charge >= 0.3 is 0 Å². The summed E-state index contributed by atoms with van der Waals surface area (Å²) in [6.45, 7) is 5.83. The first-order chi connectivity index (χ1) is 15.7.